The molecule has 1 saturated carbocycles. The molecule has 2 aliphatic heterocycles. The van der Waals surface area contributed by atoms with Crippen molar-refractivity contribution in [2.24, 2.45) is 28.9 Å². The lowest BCUT2D eigenvalue weighted by atomic mass is 9.91. The highest BCUT2D eigenvalue weighted by Crippen LogP contribution is 2.53. The Morgan fingerprint density at radius 2 is 1.71 bits per heavy atom. The zero-order valence-corrected chi connectivity index (χ0v) is 26.7. The Hall–Kier alpha value is -4.12. The third-order valence-electron chi connectivity index (χ3n) is 9.61. The van der Waals surface area contributed by atoms with Crippen LogP contribution >= 0.6 is 0 Å². The largest absolute Gasteiger partial charge is 0.508 e. The molecular weight excluding hydrogens is 620 g/mol. The van der Waals surface area contributed by atoms with Crippen LogP contribution in [-0.2, 0) is 25.6 Å². The highest BCUT2D eigenvalue weighted by atomic mass is 16.3. The number of fused-ring (bicyclic) bond motifs is 7. The van der Waals surface area contributed by atoms with E-state index in [1.54, 1.807) is 24.3 Å². The van der Waals surface area contributed by atoms with Crippen LogP contribution in [0.1, 0.15) is 42.7 Å². The molecular formula is C33H46N8O7. The molecule has 0 radical (unpaired) electrons. The minimum Gasteiger partial charge on any atom is -0.508 e. The van der Waals surface area contributed by atoms with Crippen molar-refractivity contribution in [2.45, 2.75) is 73.8 Å². The second kappa shape index (κ2) is 14.6. The topological polar surface area (TPSA) is 291 Å². The van der Waals surface area contributed by atoms with Gasteiger partial charge in [-0.05, 0) is 79.7 Å². The molecule has 2 heterocycles. The van der Waals surface area contributed by atoms with Crippen molar-refractivity contribution in [1.82, 2.24) is 21.3 Å². The number of aromatic hydroxyl groups is 2. The zero-order valence-electron chi connectivity index (χ0n) is 26.7. The summed E-state index contributed by atoms with van der Waals surface area (Å²) in [7, 11) is 0. The fraction of sp³-hybridized carbons (Fsp3) is 0.515. The van der Waals surface area contributed by atoms with Crippen LogP contribution in [0, 0.1) is 5.92 Å². The van der Waals surface area contributed by atoms with Crippen LogP contribution in [0.3, 0.4) is 0 Å². The van der Waals surface area contributed by atoms with Gasteiger partial charge >= 0.3 is 0 Å². The molecule has 2 fully saturated rings. The van der Waals surface area contributed by atoms with E-state index < -0.39 is 71.2 Å². The Kier molecular flexibility index (Phi) is 10.7. The van der Waals surface area contributed by atoms with Crippen molar-refractivity contribution in [2.75, 3.05) is 26.2 Å². The summed E-state index contributed by atoms with van der Waals surface area (Å²) in [5.74, 6) is -3.32. The zero-order chi connectivity index (χ0) is 34.7. The third-order valence-corrected chi connectivity index (χ3v) is 9.61. The first-order valence-corrected chi connectivity index (χ1v) is 16.3. The summed E-state index contributed by atoms with van der Waals surface area (Å²) in [5.41, 5.74) is 24.4. The van der Waals surface area contributed by atoms with Crippen molar-refractivity contribution >= 4 is 23.5 Å². The minimum atomic E-state index is -1.36. The SMILES string of the molecule is NCCC[C@@H]1NC(=O)[C@@]2(N)CC2c2cc(ccc2O)-c2ccc(O)c(c2)CC(C(=O)C2NC2[C@@H](CCN)C(=O)NCC(O)CN)NC1=O. The average Bonchev–Trinajstić information content (AvgIpc) is 4.00. The van der Waals surface area contributed by atoms with Gasteiger partial charge in [-0.3, -0.25) is 19.2 Å². The maximum atomic E-state index is 14.1. The van der Waals surface area contributed by atoms with E-state index >= 15 is 0 Å². The van der Waals surface area contributed by atoms with Crippen molar-refractivity contribution in [3.8, 4) is 22.6 Å². The van der Waals surface area contributed by atoms with Gasteiger partial charge in [0.05, 0.1) is 24.1 Å². The van der Waals surface area contributed by atoms with Crippen molar-refractivity contribution < 1.29 is 34.5 Å². The summed E-state index contributed by atoms with van der Waals surface area (Å²) in [6.07, 6.45) is 0.0538. The molecule has 2 aromatic rings. The number of benzene rings is 2. The number of hydrogen-bond donors (Lipinski definition) is 11. The summed E-state index contributed by atoms with van der Waals surface area (Å²) < 4.78 is 0. The van der Waals surface area contributed by atoms with Crippen LogP contribution < -0.4 is 44.2 Å². The number of phenols is 2. The molecule has 15 heteroatoms. The predicted molar refractivity (Wildman–Crippen MR) is 176 cm³/mol. The molecule has 15 nitrogen and oxygen atoms in total. The monoisotopic (exact) mass is 666 g/mol. The van der Waals surface area contributed by atoms with Gasteiger partial charge in [0, 0.05) is 37.0 Å². The van der Waals surface area contributed by atoms with Crippen molar-refractivity contribution in [1.29, 1.82) is 0 Å². The van der Waals surface area contributed by atoms with E-state index in [0.717, 1.165) is 0 Å². The fourth-order valence-electron chi connectivity index (χ4n) is 6.52. The van der Waals surface area contributed by atoms with Crippen LogP contribution in [-0.4, -0.2) is 101 Å². The number of aliphatic hydroxyl groups excluding tert-OH is 1. The van der Waals surface area contributed by atoms with E-state index in [4.69, 9.17) is 22.9 Å². The molecule has 0 aromatic heterocycles. The molecule has 48 heavy (non-hydrogen) atoms. The first kappa shape index (κ1) is 35.2. The number of ketones is 1. The van der Waals surface area contributed by atoms with Crippen molar-refractivity contribution in [3.63, 3.8) is 0 Å². The first-order valence-electron chi connectivity index (χ1n) is 16.3. The lowest BCUT2D eigenvalue weighted by molar-refractivity contribution is -0.132. The Morgan fingerprint density at radius 3 is 2.40 bits per heavy atom. The molecule has 1 saturated heterocycles. The first-order chi connectivity index (χ1) is 22.9. The molecule has 0 spiro atoms. The number of nitrogens with one attached hydrogen (secondary N) is 4. The van der Waals surface area contributed by atoms with E-state index in [1.165, 1.54) is 12.1 Å². The summed E-state index contributed by atoms with van der Waals surface area (Å²) >= 11 is 0. The van der Waals surface area contributed by atoms with Gasteiger partial charge in [0.2, 0.25) is 17.7 Å². The maximum Gasteiger partial charge on any atom is 0.243 e. The number of phenolic OH excluding ortho intramolecular Hbond substituents is 2. The molecule has 5 rings (SSSR count). The third kappa shape index (κ3) is 7.46. The number of carbonyl (C=O) groups excluding carboxylic acids is 4. The van der Waals surface area contributed by atoms with E-state index in [2.05, 4.69) is 21.3 Å². The summed E-state index contributed by atoms with van der Waals surface area (Å²) in [6, 6.07) is 6.23. The lowest BCUT2D eigenvalue weighted by Gasteiger charge is -2.25. The minimum absolute atomic E-state index is 0.0149. The van der Waals surface area contributed by atoms with Gasteiger partial charge in [-0.25, -0.2) is 0 Å². The Bertz CT molecular complexity index is 1560. The number of aliphatic hydroxyl groups is 1. The molecule has 5 unspecified atom stereocenters. The maximum absolute atomic E-state index is 14.1. The normalized spacial score (nSPS) is 27.6. The van der Waals surface area contributed by atoms with Gasteiger partial charge in [0.1, 0.15) is 23.1 Å². The van der Waals surface area contributed by atoms with E-state index in [1.807, 2.05) is 0 Å². The number of nitrogens with two attached hydrogens (primary N) is 4. The number of Topliss-reactive ketones (excluding diaryl/α,β-unsaturated/α-hetero) is 1. The van der Waals surface area contributed by atoms with Gasteiger partial charge in [-0.2, -0.15) is 0 Å². The Labute approximate surface area is 278 Å². The Morgan fingerprint density at radius 1 is 1.00 bits per heavy atom. The number of amides is 3. The molecule has 4 bridgehead atoms. The number of carbonyl (C=O) groups is 4. The number of rotatable bonds is 12. The predicted octanol–water partition coefficient (Wildman–Crippen LogP) is -2.48. The van der Waals surface area contributed by atoms with Crippen LogP contribution in [0.4, 0.5) is 0 Å². The van der Waals surface area contributed by atoms with Crippen molar-refractivity contribution in [3.05, 3.63) is 47.5 Å². The molecule has 2 aromatic carbocycles. The molecule has 3 aliphatic rings. The lowest BCUT2D eigenvalue weighted by Crippen LogP contribution is -2.56. The second-order valence-corrected chi connectivity index (χ2v) is 13.0. The smallest absolute Gasteiger partial charge is 0.243 e. The average molecular weight is 667 g/mol. The highest BCUT2D eigenvalue weighted by Gasteiger charge is 2.59. The molecule has 8 atom stereocenters. The van der Waals surface area contributed by atoms with Gasteiger partial charge < -0.3 is 59.5 Å². The van der Waals surface area contributed by atoms with Crippen LogP contribution in [0.25, 0.3) is 11.1 Å². The van der Waals surface area contributed by atoms with Gasteiger partial charge in [-0.1, -0.05) is 12.1 Å². The fourth-order valence-corrected chi connectivity index (χ4v) is 6.52. The Balaban J connectivity index is 1.48. The summed E-state index contributed by atoms with van der Waals surface area (Å²) in [6.45, 7) is 0.329. The molecule has 3 amide bonds. The van der Waals surface area contributed by atoms with Gasteiger partial charge in [-0.15, -0.1) is 0 Å². The van der Waals surface area contributed by atoms with Gasteiger partial charge in [0.15, 0.2) is 5.78 Å². The molecule has 1 aliphatic carbocycles. The molecule has 260 valence electrons. The van der Waals surface area contributed by atoms with Crippen LogP contribution in [0.2, 0.25) is 0 Å². The van der Waals surface area contributed by atoms with E-state index in [0.29, 0.717) is 28.7 Å². The highest BCUT2D eigenvalue weighted by molar-refractivity contribution is 5.99. The summed E-state index contributed by atoms with van der Waals surface area (Å²) in [5, 5.41) is 42.7. The number of hydrogen-bond acceptors (Lipinski definition) is 12. The quantitative estimate of drug-likeness (QED) is 0.105. The standard InChI is InChI=1S/C33H46N8O7/c34-8-1-2-23-31(47)39-24(29(45)28-27(41-28)20(7-9-35)30(46)38-15-19(42)14-36)12-18-10-16(3-5-25(18)43)17-4-6-26(44)21(11-17)22-13-33(22,37)32(48)40-23/h3-6,10-11,19-20,22-24,27-28,41-44H,1-2,7-9,12-15,34-37H2,(H,38,46)(H,39,47)(H,40,48)/t19?,20-,22?,23+,24?,27?,28?,33-/m1/s1. The van der Waals surface area contributed by atoms with Crippen LogP contribution in [0.5, 0.6) is 11.5 Å². The van der Waals surface area contributed by atoms with Gasteiger partial charge in [0.25, 0.3) is 0 Å². The van der Waals surface area contributed by atoms with Crippen LogP contribution in [0.15, 0.2) is 36.4 Å². The second-order valence-electron chi connectivity index (χ2n) is 13.0. The van der Waals surface area contributed by atoms with E-state index in [-0.39, 0.29) is 63.4 Å². The molecule has 15 N–H and O–H groups in total. The van der Waals surface area contributed by atoms with E-state index in [9.17, 15) is 34.5 Å². The summed E-state index contributed by atoms with van der Waals surface area (Å²) in [4.78, 5) is 54.4.